The maximum Gasteiger partial charge on any atom is 0.230 e. The second-order valence-electron chi connectivity index (χ2n) is 3.00. The van der Waals surface area contributed by atoms with Crippen LogP contribution in [0, 0.1) is 11.6 Å². The van der Waals surface area contributed by atoms with Crippen molar-refractivity contribution in [1.29, 1.82) is 0 Å². The Balaban J connectivity index is 0.00000256. The van der Waals surface area contributed by atoms with Gasteiger partial charge in [-0.05, 0) is 18.2 Å². The maximum absolute atomic E-state index is 12.8. The summed E-state index contributed by atoms with van der Waals surface area (Å²) in [5.41, 5.74) is 5.21. The van der Waals surface area contributed by atoms with Gasteiger partial charge in [-0.15, -0.1) is 24.2 Å². The molecule has 0 saturated carbocycles. The lowest BCUT2D eigenvalue weighted by Gasteiger charge is -2.03. The topological polar surface area (TPSA) is 55.1 Å². The maximum atomic E-state index is 12.8. The molecule has 3 nitrogen and oxygen atoms in total. The lowest BCUT2D eigenvalue weighted by molar-refractivity contribution is -0.118. The Morgan fingerprint density at radius 2 is 2.06 bits per heavy atom. The van der Waals surface area contributed by atoms with E-state index in [1.54, 1.807) is 0 Å². The third kappa shape index (κ3) is 5.86. The molecule has 0 atom stereocenters. The van der Waals surface area contributed by atoms with Gasteiger partial charge in [0, 0.05) is 18.0 Å². The van der Waals surface area contributed by atoms with Crippen LogP contribution in [0.25, 0.3) is 0 Å². The van der Waals surface area contributed by atoms with Crippen LogP contribution in [-0.4, -0.2) is 24.7 Å². The van der Waals surface area contributed by atoms with E-state index in [0.29, 0.717) is 18.0 Å². The van der Waals surface area contributed by atoms with E-state index in [1.165, 1.54) is 6.07 Å². The van der Waals surface area contributed by atoms with Gasteiger partial charge in [0.2, 0.25) is 5.91 Å². The number of hydrogen-bond donors (Lipinski definition) is 2. The summed E-state index contributed by atoms with van der Waals surface area (Å²) in [5, 5.41) is 2.58. The fraction of sp³-hybridized carbons (Fsp3) is 0.300. The van der Waals surface area contributed by atoms with E-state index < -0.39 is 11.6 Å². The van der Waals surface area contributed by atoms with Crippen molar-refractivity contribution in [3.8, 4) is 0 Å². The molecule has 96 valence electrons. The normalized spacial score (nSPS) is 9.59. The predicted molar refractivity (Wildman–Crippen MR) is 66.4 cm³/mol. The number of carbonyl (C=O) groups is 1. The van der Waals surface area contributed by atoms with Crippen molar-refractivity contribution in [2.45, 2.75) is 4.90 Å². The molecular formula is C10H13ClF2N2OS. The minimum Gasteiger partial charge on any atom is -0.354 e. The van der Waals surface area contributed by atoms with Gasteiger partial charge in [0.15, 0.2) is 11.6 Å². The summed E-state index contributed by atoms with van der Waals surface area (Å²) in [6.45, 7) is 0.790. The van der Waals surface area contributed by atoms with Crippen LogP contribution in [0.3, 0.4) is 0 Å². The molecule has 1 aromatic carbocycles. The van der Waals surface area contributed by atoms with Gasteiger partial charge in [0.1, 0.15) is 0 Å². The zero-order valence-electron chi connectivity index (χ0n) is 8.91. The van der Waals surface area contributed by atoms with Gasteiger partial charge < -0.3 is 11.1 Å². The molecule has 0 aromatic heterocycles. The largest absolute Gasteiger partial charge is 0.354 e. The minimum atomic E-state index is -0.910. The van der Waals surface area contributed by atoms with Crippen LogP contribution in [0.2, 0.25) is 0 Å². The molecule has 0 aliphatic rings. The van der Waals surface area contributed by atoms with Crippen LogP contribution in [0.15, 0.2) is 23.1 Å². The van der Waals surface area contributed by atoms with Crippen LogP contribution < -0.4 is 11.1 Å². The molecule has 0 heterocycles. The van der Waals surface area contributed by atoms with Crippen molar-refractivity contribution in [2.24, 2.45) is 5.73 Å². The predicted octanol–water partition coefficient (Wildman–Crippen LogP) is 1.55. The second-order valence-corrected chi connectivity index (χ2v) is 4.05. The summed E-state index contributed by atoms with van der Waals surface area (Å²) in [5.74, 6) is -1.82. The highest BCUT2D eigenvalue weighted by Crippen LogP contribution is 2.19. The average Bonchev–Trinajstić information content (AvgIpc) is 2.28. The molecule has 0 aliphatic heterocycles. The molecule has 1 amide bonds. The number of nitrogens with one attached hydrogen (secondary N) is 1. The zero-order valence-corrected chi connectivity index (χ0v) is 10.5. The molecule has 0 aliphatic carbocycles. The first-order valence-electron chi connectivity index (χ1n) is 4.68. The van der Waals surface area contributed by atoms with Gasteiger partial charge in [-0.2, -0.15) is 0 Å². The van der Waals surface area contributed by atoms with E-state index in [4.69, 9.17) is 5.73 Å². The second kappa shape index (κ2) is 8.27. The van der Waals surface area contributed by atoms with Crippen LogP contribution in [-0.2, 0) is 4.79 Å². The summed E-state index contributed by atoms with van der Waals surface area (Å²) in [4.78, 5) is 11.7. The molecule has 0 unspecified atom stereocenters. The van der Waals surface area contributed by atoms with E-state index in [-0.39, 0.29) is 24.1 Å². The van der Waals surface area contributed by atoms with Crippen LogP contribution >= 0.6 is 24.2 Å². The van der Waals surface area contributed by atoms with E-state index in [0.717, 1.165) is 23.9 Å². The van der Waals surface area contributed by atoms with Crippen molar-refractivity contribution in [2.75, 3.05) is 18.8 Å². The van der Waals surface area contributed by atoms with Gasteiger partial charge >= 0.3 is 0 Å². The van der Waals surface area contributed by atoms with Crippen molar-refractivity contribution in [3.63, 3.8) is 0 Å². The number of halogens is 3. The van der Waals surface area contributed by atoms with Gasteiger partial charge in [-0.3, -0.25) is 4.79 Å². The summed E-state index contributed by atoms with van der Waals surface area (Å²) in [6, 6.07) is 3.53. The summed E-state index contributed by atoms with van der Waals surface area (Å²) < 4.78 is 25.4. The van der Waals surface area contributed by atoms with E-state index in [9.17, 15) is 13.6 Å². The van der Waals surface area contributed by atoms with E-state index in [2.05, 4.69) is 5.32 Å². The third-order valence-electron chi connectivity index (χ3n) is 1.73. The SMILES string of the molecule is Cl.NCCNC(=O)CSc1ccc(F)c(F)c1. The lowest BCUT2D eigenvalue weighted by Crippen LogP contribution is -2.30. The number of nitrogens with two attached hydrogens (primary N) is 1. The lowest BCUT2D eigenvalue weighted by atomic mass is 10.3. The quantitative estimate of drug-likeness (QED) is 0.806. The Labute approximate surface area is 109 Å². The van der Waals surface area contributed by atoms with Crippen LogP contribution in [0.5, 0.6) is 0 Å². The average molecular weight is 283 g/mol. The van der Waals surface area contributed by atoms with Crippen molar-refractivity contribution in [1.82, 2.24) is 5.32 Å². The first-order chi connectivity index (χ1) is 7.63. The number of carbonyl (C=O) groups excluding carboxylic acids is 1. The molecular weight excluding hydrogens is 270 g/mol. The van der Waals surface area contributed by atoms with Crippen LogP contribution in [0.4, 0.5) is 8.78 Å². The molecule has 0 radical (unpaired) electrons. The molecule has 17 heavy (non-hydrogen) atoms. The van der Waals surface area contributed by atoms with Gasteiger partial charge in [-0.1, -0.05) is 0 Å². The van der Waals surface area contributed by atoms with Crippen LogP contribution in [0.1, 0.15) is 0 Å². The highest BCUT2D eigenvalue weighted by Gasteiger charge is 2.05. The number of rotatable bonds is 5. The summed E-state index contributed by atoms with van der Waals surface area (Å²) >= 11 is 1.14. The van der Waals surface area contributed by atoms with Crippen molar-refractivity contribution in [3.05, 3.63) is 29.8 Å². The Bertz CT molecular complexity index is 379. The fourth-order valence-electron chi connectivity index (χ4n) is 0.978. The Hall–Kier alpha value is -0.850. The summed E-state index contributed by atoms with van der Waals surface area (Å²) in [7, 11) is 0. The molecule has 0 fully saturated rings. The Morgan fingerprint density at radius 3 is 2.65 bits per heavy atom. The highest BCUT2D eigenvalue weighted by molar-refractivity contribution is 8.00. The third-order valence-corrected chi connectivity index (χ3v) is 2.72. The number of amides is 1. The monoisotopic (exact) mass is 282 g/mol. The molecule has 7 heteroatoms. The fourth-order valence-corrected chi connectivity index (χ4v) is 1.73. The minimum absolute atomic E-state index is 0. The molecule has 0 saturated heterocycles. The molecule has 1 aromatic rings. The molecule has 3 N–H and O–H groups in total. The smallest absolute Gasteiger partial charge is 0.230 e. The summed E-state index contributed by atoms with van der Waals surface area (Å²) in [6.07, 6.45) is 0. The first-order valence-corrected chi connectivity index (χ1v) is 5.66. The molecule has 0 bridgehead atoms. The highest BCUT2D eigenvalue weighted by atomic mass is 35.5. The van der Waals surface area contributed by atoms with E-state index in [1.807, 2.05) is 0 Å². The number of benzene rings is 1. The Kier molecular flexibility index (Phi) is 7.86. The van der Waals surface area contributed by atoms with E-state index >= 15 is 0 Å². The van der Waals surface area contributed by atoms with Gasteiger partial charge in [0.25, 0.3) is 0 Å². The van der Waals surface area contributed by atoms with Gasteiger partial charge in [-0.25, -0.2) is 8.78 Å². The molecule has 1 rings (SSSR count). The molecule has 0 spiro atoms. The first kappa shape index (κ1) is 16.1. The Morgan fingerprint density at radius 1 is 1.35 bits per heavy atom. The van der Waals surface area contributed by atoms with Gasteiger partial charge in [0.05, 0.1) is 5.75 Å². The van der Waals surface area contributed by atoms with Crippen molar-refractivity contribution < 1.29 is 13.6 Å². The van der Waals surface area contributed by atoms with Crippen molar-refractivity contribution >= 4 is 30.1 Å². The standard InChI is InChI=1S/C10H12F2N2OS.ClH/c11-8-2-1-7(5-9(8)12)16-6-10(15)14-4-3-13;/h1-2,5H,3-4,6,13H2,(H,14,15);1H. The number of thioether (sulfide) groups is 1. The zero-order chi connectivity index (χ0) is 12.0. The number of hydrogen-bond acceptors (Lipinski definition) is 3.